The molecule has 2 aromatic carbocycles. The molecule has 2 rings (SSSR count). The van der Waals surface area contributed by atoms with E-state index in [0.717, 1.165) is 11.1 Å². The van der Waals surface area contributed by atoms with Gasteiger partial charge < -0.3 is 18.7 Å². The maximum Gasteiger partial charge on any atom is 0.310 e. The quantitative estimate of drug-likeness (QED) is 0.249. The van der Waals surface area contributed by atoms with Crippen LogP contribution in [0.1, 0.15) is 30.9 Å². The van der Waals surface area contributed by atoms with Gasteiger partial charge in [-0.2, -0.15) is 0 Å². The topological polar surface area (TPSA) is 154 Å². The lowest BCUT2D eigenvalue weighted by Crippen LogP contribution is -2.68. The molecule has 0 aliphatic rings. The average Bonchev–Trinajstić information content (AvgIpc) is 2.75. The van der Waals surface area contributed by atoms with Crippen molar-refractivity contribution in [2.45, 2.75) is 45.2 Å². The summed E-state index contributed by atoms with van der Waals surface area (Å²) in [5.74, 6) is -0.765. The molecule has 36 heavy (non-hydrogen) atoms. The van der Waals surface area contributed by atoms with Crippen LogP contribution in [0.2, 0.25) is 0 Å². The molecule has 0 amide bonds. The van der Waals surface area contributed by atoms with E-state index in [1.165, 1.54) is 0 Å². The van der Waals surface area contributed by atoms with Crippen LogP contribution in [-0.4, -0.2) is 56.3 Å². The van der Waals surface area contributed by atoms with Gasteiger partial charge in [0.2, 0.25) is 0 Å². The lowest BCUT2D eigenvalue weighted by Gasteiger charge is -2.29. The first-order valence-electron chi connectivity index (χ1n) is 11.2. The fourth-order valence-corrected chi connectivity index (χ4v) is 3.08. The Morgan fingerprint density at radius 2 is 1.28 bits per heavy atom. The number of likely N-dealkylation sites (N-methyl/N-ethyl adjacent to an activating group) is 1. The van der Waals surface area contributed by atoms with Crippen LogP contribution in [0.3, 0.4) is 0 Å². The van der Waals surface area contributed by atoms with E-state index in [2.05, 4.69) is 0 Å². The van der Waals surface area contributed by atoms with E-state index in [-0.39, 0.29) is 37.5 Å². The second-order valence-electron chi connectivity index (χ2n) is 9.12. The van der Waals surface area contributed by atoms with Crippen molar-refractivity contribution in [3.63, 3.8) is 0 Å². The molecule has 200 valence electrons. The minimum Gasteiger partial charge on any atom is -0.461 e. The molecule has 10 nitrogen and oxygen atoms in total. The Bertz CT molecular complexity index is 893. The SMILES string of the molecule is CC(CC(=O)OC(CC(=O)OCc1ccccc1)C[N+](C)(C)C)OCc1ccccc1.[O-][Cl+3]([O-])([O-])[O-]. The van der Waals surface area contributed by atoms with Gasteiger partial charge in [-0.3, -0.25) is 9.59 Å². The van der Waals surface area contributed by atoms with Gasteiger partial charge in [-0.05, 0) is 18.1 Å². The number of rotatable bonds is 12. The minimum atomic E-state index is -4.94. The number of carbonyl (C=O) groups is 2. The zero-order valence-electron chi connectivity index (χ0n) is 21.0. The largest absolute Gasteiger partial charge is 0.461 e. The summed E-state index contributed by atoms with van der Waals surface area (Å²) in [6.07, 6.45) is -0.702. The summed E-state index contributed by atoms with van der Waals surface area (Å²) in [6.45, 7) is 2.98. The summed E-state index contributed by atoms with van der Waals surface area (Å²) in [4.78, 5) is 24.8. The molecule has 0 aliphatic heterocycles. The average molecular weight is 528 g/mol. The van der Waals surface area contributed by atoms with Crippen LogP contribution in [-0.2, 0) is 37.0 Å². The third kappa shape index (κ3) is 17.8. The van der Waals surface area contributed by atoms with E-state index in [1.54, 1.807) is 0 Å². The summed E-state index contributed by atoms with van der Waals surface area (Å²) in [5, 5.41) is 0. The highest BCUT2D eigenvalue weighted by Crippen LogP contribution is 2.12. The normalized spacial score (nSPS) is 13.1. The van der Waals surface area contributed by atoms with Crippen LogP contribution in [0.25, 0.3) is 0 Å². The third-order valence-corrected chi connectivity index (χ3v) is 4.52. The van der Waals surface area contributed by atoms with Crippen LogP contribution in [0.5, 0.6) is 0 Å². The van der Waals surface area contributed by atoms with Crippen molar-refractivity contribution < 1.29 is 57.2 Å². The molecule has 0 heterocycles. The Hall–Kier alpha value is -2.57. The van der Waals surface area contributed by atoms with Crippen molar-refractivity contribution in [2.75, 3.05) is 27.7 Å². The van der Waals surface area contributed by atoms with Crippen LogP contribution < -0.4 is 18.6 Å². The van der Waals surface area contributed by atoms with Gasteiger partial charge in [-0.25, -0.2) is 18.6 Å². The molecule has 0 aliphatic carbocycles. The molecule has 0 radical (unpaired) electrons. The molecular formula is C25H34ClNO9. The van der Waals surface area contributed by atoms with Crippen LogP contribution in [0.4, 0.5) is 0 Å². The third-order valence-electron chi connectivity index (χ3n) is 4.52. The van der Waals surface area contributed by atoms with Gasteiger partial charge in [0, 0.05) is 0 Å². The number of carbonyl (C=O) groups excluding carboxylic acids is 2. The summed E-state index contributed by atoms with van der Waals surface area (Å²) in [5.41, 5.74) is 1.96. The van der Waals surface area contributed by atoms with Gasteiger partial charge in [0.05, 0.1) is 46.7 Å². The number of ether oxygens (including phenoxy) is 3. The van der Waals surface area contributed by atoms with Gasteiger partial charge in [0.1, 0.15) is 13.2 Å². The molecule has 2 aromatic rings. The van der Waals surface area contributed by atoms with E-state index in [9.17, 15) is 9.59 Å². The number of hydrogen-bond donors (Lipinski definition) is 0. The van der Waals surface area contributed by atoms with Gasteiger partial charge in [0.15, 0.2) is 6.10 Å². The lowest BCUT2D eigenvalue weighted by atomic mass is 10.2. The zero-order chi connectivity index (χ0) is 27.2. The highest BCUT2D eigenvalue weighted by molar-refractivity contribution is 5.72. The van der Waals surface area contributed by atoms with E-state index in [4.69, 9.17) is 32.8 Å². The summed E-state index contributed by atoms with van der Waals surface area (Å²) < 4.78 is 51.3. The smallest absolute Gasteiger partial charge is 0.310 e. The summed E-state index contributed by atoms with van der Waals surface area (Å²) >= 11 is 0. The molecule has 0 bridgehead atoms. The minimum absolute atomic E-state index is 0.0212. The van der Waals surface area contributed by atoms with Crippen LogP contribution >= 0.6 is 0 Å². The van der Waals surface area contributed by atoms with Crippen LogP contribution in [0.15, 0.2) is 60.7 Å². The Balaban J connectivity index is 0.00000118. The van der Waals surface area contributed by atoms with E-state index in [0.29, 0.717) is 17.6 Å². The maximum absolute atomic E-state index is 12.5. The molecule has 11 heteroatoms. The standard InChI is InChI=1S/C25H34NO5.ClHO4/c1-20(29-18-21-11-7-5-8-12-21)15-25(28)31-23(17-26(2,3)4)16-24(27)30-19-22-13-9-6-10-14-22;2-1(3,4)5/h5-14,20,23H,15-19H2,1-4H3;(H,2,3,4,5)/q+1;/p-1. The Labute approximate surface area is 214 Å². The van der Waals surface area contributed by atoms with Gasteiger partial charge in [-0.15, -0.1) is 10.2 Å². The second kappa shape index (κ2) is 15.5. The molecule has 0 N–H and O–H groups in total. The highest BCUT2D eigenvalue weighted by atomic mass is 35.7. The number of hydrogen-bond acceptors (Lipinski definition) is 9. The first kappa shape index (κ1) is 31.5. The van der Waals surface area contributed by atoms with Crippen LogP contribution in [0, 0.1) is 10.2 Å². The molecule has 0 aromatic heterocycles. The first-order valence-corrected chi connectivity index (χ1v) is 12.4. The monoisotopic (exact) mass is 527 g/mol. The van der Waals surface area contributed by atoms with Crippen molar-refractivity contribution in [1.82, 2.24) is 0 Å². The molecule has 0 saturated carbocycles. The number of esters is 2. The van der Waals surface area contributed by atoms with E-state index >= 15 is 0 Å². The molecule has 2 atom stereocenters. The highest BCUT2D eigenvalue weighted by Gasteiger charge is 2.26. The first-order chi connectivity index (χ1) is 16.7. The van der Waals surface area contributed by atoms with Crippen molar-refractivity contribution in [1.29, 1.82) is 0 Å². The second-order valence-corrected chi connectivity index (χ2v) is 9.88. The maximum atomic E-state index is 12.5. The molecular weight excluding hydrogens is 494 g/mol. The van der Waals surface area contributed by atoms with Crippen molar-refractivity contribution >= 4 is 11.9 Å². The van der Waals surface area contributed by atoms with Gasteiger partial charge >= 0.3 is 11.9 Å². The van der Waals surface area contributed by atoms with E-state index in [1.807, 2.05) is 88.7 Å². The number of quaternary nitrogens is 1. The Kier molecular flexibility index (Phi) is 13.6. The van der Waals surface area contributed by atoms with E-state index < -0.39 is 16.3 Å². The lowest BCUT2D eigenvalue weighted by molar-refractivity contribution is -2.00. The number of halogens is 1. The summed E-state index contributed by atoms with van der Waals surface area (Å²) in [6, 6.07) is 19.3. The van der Waals surface area contributed by atoms with Crippen molar-refractivity contribution in [2.24, 2.45) is 0 Å². The predicted octanol–water partition coefficient (Wildman–Crippen LogP) is -1.02. The van der Waals surface area contributed by atoms with Crippen molar-refractivity contribution in [3.05, 3.63) is 71.8 Å². The molecule has 2 unspecified atom stereocenters. The predicted molar refractivity (Wildman–Crippen MR) is 119 cm³/mol. The Morgan fingerprint density at radius 3 is 1.75 bits per heavy atom. The molecule has 0 fully saturated rings. The molecule has 0 saturated heterocycles. The van der Waals surface area contributed by atoms with Gasteiger partial charge in [0.25, 0.3) is 0 Å². The fourth-order valence-electron chi connectivity index (χ4n) is 3.08. The van der Waals surface area contributed by atoms with Crippen molar-refractivity contribution in [3.8, 4) is 0 Å². The Morgan fingerprint density at radius 1 is 0.806 bits per heavy atom. The van der Waals surface area contributed by atoms with Gasteiger partial charge in [-0.1, -0.05) is 60.7 Å². The fraction of sp³-hybridized carbons (Fsp3) is 0.440. The number of nitrogens with zero attached hydrogens (tertiary/aromatic N) is 1. The molecule has 0 spiro atoms. The number of benzene rings is 2. The summed E-state index contributed by atoms with van der Waals surface area (Å²) in [7, 11) is 1.02. The zero-order valence-corrected chi connectivity index (χ0v) is 21.7.